The predicted octanol–water partition coefficient (Wildman–Crippen LogP) is 5.61. The number of aromatic nitrogens is 1. The molecule has 26 heavy (non-hydrogen) atoms. The molecule has 1 aromatic heterocycles. The minimum Gasteiger partial charge on any atom is -0.488 e. The lowest BCUT2D eigenvalue weighted by Gasteiger charge is -2.11. The summed E-state index contributed by atoms with van der Waals surface area (Å²) in [5.74, 6) is -0.335. The van der Waals surface area contributed by atoms with Crippen LogP contribution in [0.25, 0.3) is 10.6 Å². The molecule has 0 saturated carbocycles. The van der Waals surface area contributed by atoms with Crippen molar-refractivity contribution in [3.8, 4) is 16.3 Å². The van der Waals surface area contributed by atoms with Gasteiger partial charge in [-0.15, -0.1) is 11.3 Å². The van der Waals surface area contributed by atoms with Crippen molar-refractivity contribution in [2.45, 2.75) is 26.9 Å². The smallest absolute Gasteiger partial charge is 0.347 e. The van der Waals surface area contributed by atoms with E-state index in [1.807, 2.05) is 38.1 Å². The molecule has 1 N–H and O–H groups in total. The van der Waals surface area contributed by atoms with Crippen LogP contribution >= 0.6 is 22.9 Å². The van der Waals surface area contributed by atoms with Gasteiger partial charge in [0.05, 0.1) is 11.3 Å². The van der Waals surface area contributed by atoms with E-state index in [4.69, 9.17) is 16.3 Å². The summed E-state index contributed by atoms with van der Waals surface area (Å²) < 4.78 is 5.98. The molecule has 0 aliphatic carbocycles. The second kappa shape index (κ2) is 7.89. The molecule has 0 unspecified atom stereocenters. The van der Waals surface area contributed by atoms with E-state index < -0.39 is 5.97 Å². The number of aryl methyl sites for hydroxylation is 2. The summed E-state index contributed by atoms with van der Waals surface area (Å²) in [7, 11) is 0. The standard InChI is InChI=1S/C20H18ClNO3S/c1-3-16-18(20(23)24)26-19(22-16)15-10-14(21)8-9-17(15)25-11-13-6-4-12(2)5-7-13/h4-10H,3,11H2,1-2H3,(H,23,24). The van der Waals surface area contributed by atoms with Crippen molar-refractivity contribution in [2.75, 3.05) is 0 Å². The molecule has 0 aliphatic rings. The van der Waals surface area contributed by atoms with E-state index in [0.29, 0.717) is 40.1 Å². The molecule has 0 amide bonds. The van der Waals surface area contributed by atoms with Crippen molar-refractivity contribution in [3.05, 3.63) is 69.2 Å². The second-order valence-corrected chi connectivity index (χ2v) is 7.30. The van der Waals surface area contributed by atoms with Crippen LogP contribution in [0.15, 0.2) is 42.5 Å². The van der Waals surface area contributed by atoms with Gasteiger partial charge in [0.25, 0.3) is 0 Å². The van der Waals surface area contributed by atoms with Gasteiger partial charge in [-0.05, 0) is 37.1 Å². The zero-order valence-corrected chi connectivity index (χ0v) is 16.0. The molecule has 3 aromatic rings. The van der Waals surface area contributed by atoms with Crippen LogP contribution in [0.4, 0.5) is 0 Å². The highest BCUT2D eigenvalue weighted by Crippen LogP contribution is 2.37. The maximum Gasteiger partial charge on any atom is 0.347 e. The maximum atomic E-state index is 11.4. The van der Waals surface area contributed by atoms with Crippen molar-refractivity contribution in [2.24, 2.45) is 0 Å². The lowest BCUT2D eigenvalue weighted by Crippen LogP contribution is -1.97. The summed E-state index contributed by atoms with van der Waals surface area (Å²) in [4.78, 5) is 16.2. The lowest BCUT2D eigenvalue weighted by molar-refractivity contribution is 0.0701. The Morgan fingerprint density at radius 1 is 1.23 bits per heavy atom. The molecular formula is C20H18ClNO3S. The Hall–Kier alpha value is -2.37. The number of hydrogen-bond acceptors (Lipinski definition) is 4. The molecule has 6 heteroatoms. The SMILES string of the molecule is CCc1nc(-c2cc(Cl)ccc2OCc2ccc(C)cc2)sc1C(=O)O. The average Bonchev–Trinajstić information content (AvgIpc) is 3.06. The molecule has 0 bridgehead atoms. The summed E-state index contributed by atoms with van der Waals surface area (Å²) in [6, 6.07) is 13.4. The number of hydrogen-bond donors (Lipinski definition) is 1. The van der Waals surface area contributed by atoms with Gasteiger partial charge in [-0.1, -0.05) is 48.4 Å². The van der Waals surface area contributed by atoms with Crippen LogP contribution in [0.5, 0.6) is 5.75 Å². The Morgan fingerprint density at radius 2 is 1.96 bits per heavy atom. The molecule has 134 valence electrons. The Balaban J connectivity index is 1.93. The first-order valence-corrected chi connectivity index (χ1v) is 9.38. The van der Waals surface area contributed by atoms with Crippen molar-refractivity contribution in [1.29, 1.82) is 0 Å². The summed E-state index contributed by atoms with van der Waals surface area (Å²) in [6.07, 6.45) is 0.554. The van der Waals surface area contributed by atoms with Crippen LogP contribution in [0.1, 0.15) is 33.4 Å². The number of halogens is 1. The zero-order chi connectivity index (χ0) is 18.7. The van der Waals surface area contributed by atoms with E-state index in [1.54, 1.807) is 18.2 Å². The molecule has 0 atom stereocenters. The Morgan fingerprint density at radius 3 is 2.58 bits per heavy atom. The number of aromatic carboxylic acids is 1. The number of benzene rings is 2. The third-order valence-corrected chi connectivity index (χ3v) is 5.27. The number of carbonyl (C=O) groups is 1. The molecule has 0 saturated heterocycles. The van der Waals surface area contributed by atoms with Gasteiger partial charge in [-0.3, -0.25) is 0 Å². The fraction of sp³-hybridized carbons (Fsp3) is 0.200. The van der Waals surface area contributed by atoms with Crippen molar-refractivity contribution >= 4 is 28.9 Å². The summed E-state index contributed by atoms with van der Waals surface area (Å²) in [5.41, 5.74) is 3.52. The van der Waals surface area contributed by atoms with Gasteiger partial charge >= 0.3 is 5.97 Å². The summed E-state index contributed by atoms with van der Waals surface area (Å²) in [6.45, 7) is 4.33. The van der Waals surface area contributed by atoms with E-state index in [1.165, 1.54) is 5.56 Å². The third kappa shape index (κ3) is 4.06. The number of rotatable bonds is 6. The first-order valence-electron chi connectivity index (χ1n) is 8.19. The van der Waals surface area contributed by atoms with Crippen molar-refractivity contribution < 1.29 is 14.6 Å². The summed E-state index contributed by atoms with van der Waals surface area (Å²) >= 11 is 7.29. The van der Waals surface area contributed by atoms with Crippen LogP contribution in [-0.2, 0) is 13.0 Å². The van der Waals surface area contributed by atoms with Crippen LogP contribution < -0.4 is 4.74 Å². The Kier molecular flexibility index (Phi) is 5.59. The van der Waals surface area contributed by atoms with Gasteiger partial charge in [0, 0.05) is 5.02 Å². The first kappa shape index (κ1) is 18.4. The van der Waals surface area contributed by atoms with Gasteiger partial charge in [0.15, 0.2) is 0 Å². The molecule has 0 fully saturated rings. The average molecular weight is 388 g/mol. The van der Waals surface area contributed by atoms with E-state index in [9.17, 15) is 9.90 Å². The lowest BCUT2D eigenvalue weighted by atomic mass is 10.1. The Labute approximate surface area is 161 Å². The molecule has 2 aromatic carbocycles. The molecule has 0 spiro atoms. The maximum absolute atomic E-state index is 11.4. The highest BCUT2D eigenvalue weighted by Gasteiger charge is 2.19. The molecule has 0 radical (unpaired) electrons. The van der Waals surface area contributed by atoms with Gasteiger partial charge in [0.2, 0.25) is 0 Å². The van der Waals surface area contributed by atoms with E-state index in [0.717, 1.165) is 16.9 Å². The van der Waals surface area contributed by atoms with Crippen molar-refractivity contribution in [1.82, 2.24) is 4.98 Å². The van der Waals surface area contributed by atoms with Crippen molar-refractivity contribution in [3.63, 3.8) is 0 Å². The summed E-state index contributed by atoms with van der Waals surface area (Å²) in [5, 5.41) is 10.5. The van der Waals surface area contributed by atoms with Crippen LogP contribution in [-0.4, -0.2) is 16.1 Å². The molecule has 0 aliphatic heterocycles. The Bertz CT molecular complexity index is 935. The normalized spacial score (nSPS) is 10.7. The first-order chi connectivity index (χ1) is 12.5. The van der Waals surface area contributed by atoms with Crippen LogP contribution in [0.3, 0.4) is 0 Å². The molecule has 4 nitrogen and oxygen atoms in total. The number of thiazole rings is 1. The fourth-order valence-corrected chi connectivity index (χ4v) is 3.70. The van der Waals surface area contributed by atoms with Crippen LogP contribution in [0, 0.1) is 6.92 Å². The predicted molar refractivity (Wildman–Crippen MR) is 104 cm³/mol. The fourth-order valence-electron chi connectivity index (χ4n) is 2.51. The highest BCUT2D eigenvalue weighted by atomic mass is 35.5. The molecular weight excluding hydrogens is 370 g/mol. The third-order valence-electron chi connectivity index (χ3n) is 3.91. The van der Waals surface area contributed by atoms with E-state index in [-0.39, 0.29) is 4.88 Å². The van der Waals surface area contributed by atoms with Gasteiger partial charge in [-0.25, -0.2) is 9.78 Å². The highest BCUT2D eigenvalue weighted by molar-refractivity contribution is 7.17. The molecule has 3 rings (SSSR count). The van der Waals surface area contributed by atoms with E-state index >= 15 is 0 Å². The van der Waals surface area contributed by atoms with Crippen LogP contribution in [0.2, 0.25) is 5.02 Å². The second-order valence-electron chi connectivity index (χ2n) is 5.87. The minimum absolute atomic E-state index is 0.256. The zero-order valence-electron chi connectivity index (χ0n) is 14.5. The monoisotopic (exact) mass is 387 g/mol. The topological polar surface area (TPSA) is 59.4 Å². The number of carboxylic acid groups (broad SMARTS) is 1. The number of nitrogens with zero attached hydrogens (tertiary/aromatic N) is 1. The molecule has 1 heterocycles. The largest absolute Gasteiger partial charge is 0.488 e. The van der Waals surface area contributed by atoms with Gasteiger partial charge < -0.3 is 9.84 Å². The van der Waals surface area contributed by atoms with Gasteiger partial charge in [0.1, 0.15) is 22.2 Å². The van der Waals surface area contributed by atoms with Gasteiger partial charge in [-0.2, -0.15) is 0 Å². The van der Waals surface area contributed by atoms with E-state index in [2.05, 4.69) is 4.98 Å². The minimum atomic E-state index is -0.963. The number of carboxylic acids is 1. The number of ether oxygens (including phenoxy) is 1. The quantitative estimate of drug-likeness (QED) is 0.597.